The SMILES string of the molecule is COc1cc2nccc(Oc3ccc(NC(=O)Nc4cc(C)on4)c(Cl)c3)c2cc1-c1nnc(CN2CCOCC2)o1. The van der Waals surface area contributed by atoms with Crippen molar-refractivity contribution in [2.24, 2.45) is 0 Å². The van der Waals surface area contributed by atoms with Gasteiger partial charge in [-0.25, -0.2) is 4.79 Å². The molecule has 3 aromatic heterocycles. The van der Waals surface area contributed by atoms with Gasteiger partial charge in [0.15, 0.2) is 5.82 Å². The first-order chi connectivity index (χ1) is 20.4. The number of rotatable bonds is 8. The number of pyridine rings is 1. The van der Waals surface area contributed by atoms with Crippen LogP contribution in [0.25, 0.3) is 22.4 Å². The van der Waals surface area contributed by atoms with Gasteiger partial charge in [0.2, 0.25) is 5.89 Å². The van der Waals surface area contributed by atoms with Crippen molar-refractivity contribution in [2.75, 3.05) is 44.0 Å². The summed E-state index contributed by atoms with van der Waals surface area (Å²) in [4.78, 5) is 19.0. The van der Waals surface area contributed by atoms with Crippen molar-refractivity contribution in [2.45, 2.75) is 13.5 Å². The molecule has 2 aromatic carbocycles. The second-order valence-electron chi connectivity index (χ2n) is 9.41. The van der Waals surface area contributed by atoms with Crippen molar-refractivity contribution in [3.63, 3.8) is 0 Å². The summed E-state index contributed by atoms with van der Waals surface area (Å²) in [5, 5.41) is 18.5. The normalized spacial score (nSPS) is 13.7. The molecule has 0 atom stereocenters. The number of halogens is 1. The zero-order valence-corrected chi connectivity index (χ0v) is 23.5. The fraction of sp³-hybridized carbons (Fsp3) is 0.250. The molecule has 0 aliphatic carbocycles. The van der Waals surface area contributed by atoms with Crippen molar-refractivity contribution < 1.29 is 27.9 Å². The molecule has 0 radical (unpaired) electrons. The third kappa shape index (κ3) is 6.12. The molecule has 2 amide bonds. The van der Waals surface area contributed by atoms with E-state index in [-0.39, 0.29) is 10.8 Å². The van der Waals surface area contributed by atoms with Crippen molar-refractivity contribution >= 4 is 40.0 Å². The summed E-state index contributed by atoms with van der Waals surface area (Å²) in [5.74, 6) is 3.20. The predicted molar refractivity (Wildman–Crippen MR) is 153 cm³/mol. The van der Waals surface area contributed by atoms with Crippen molar-refractivity contribution in [1.29, 1.82) is 0 Å². The Balaban J connectivity index is 1.22. The molecule has 6 rings (SSSR count). The number of hydrogen-bond acceptors (Lipinski definition) is 11. The predicted octanol–water partition coefficient (Wildman–Crippen LogP) is 5.51. The van der Waals surface area contributed by atoms with E-state index in [9.17, 15) is 4.79 Å². The van der Waals surface area contributed by atoms with Crippen LogP contribution < -0.4 is 20.1 Å². The van der Waals surface area contributed by atoms with Gasteiger partial charge in [-0.3, -0.25) is 15.2 Å². The minimum absolute atomic E-state index is 0.276. The van der Waals surface area contributed by atoms with Crippen LogP contribution in [0.15, 0.2) is 57.6 Å². The average Bonchev–Trinajstić information content (AvgIpc) is 3.63. The molecule has 42 heavy (non-hydrogen) atoms. The highest BCUT2D eigenvalue weighted by molar-refractivity contribution is 6.34. The molecule has 0 saturated carbocycles. The smallest absolute Gasteiger partial charge is 0.324 e. The van der Waals surface area contributed by atoms with Crippen LogP contribution in [0.1, 0.15) is 11.7 Å². The average molecular weight is 592 g/mol. The molecule has 13 nitrogen and oxygen atoms in total. The van der Waals surface area contributed by atoms with Gasteiger partial charge in [-0.2, -0.15) is 0 Å². The molecule has 4 heterocycles. The first-order valence-electron chi connectivity index (χ1n) is 13.0. The Kier molecular flexibility index (Phi) is 7.86. The molecule has 1 aliphatic rings. The number of methoxy groups -OCH3 is 1. The van der Waals surface area contributed by atoms with Crippen molar-refractivity contribution in [3.05, 3.63) is 65.3 Å². The number of fused-ring (bicyclic) bond motifs is 1. The molecular formula is C28H26ClN7O6. The minimum atomic E-state index is -0.519. The summed E-state index contributed by atoms with van der Waals surface area (Å²) in [5.41, 5.74) is 1.64. The number of benzene rings is 2. The van der Waals surface area contributed by atoms with Crippen LogP contribution in [0.5, 0.6) is 17.2 Å². The molecule has 5 aromatic rings. The van der Waals surface area contributed by atoms with Gasteiger partial charge in [0.25, 0.3) is 5.89 Å². The number of morpholine rings is 1. The van der Waals surface area contributed by atoms with Gasteiger partial charge in [0.1, 0.15) is 23.0 Å². The Labute approximate surface area is 244 Å². The molecule has 0 unspecified atom stereocenters. The number of nitrogens with one attached hydrogen (secondary N) is 2. The summed E-state index contributed by atoms with van der Waals surface area (Å²) in [6.07, 6.45) is 1.64. The van der Waals surface area contributed by atoms with Gasteiger partial charge < -0.3 is 28.5 Å². The van der Waals surface area contributed by atoms with Gasteiger partial charge in [-0.1, -0.05) is 16.8 Å². The maximum atomic E-state index is 12.3. The highest BCUT2D eigenvalue weighted by Crippen LogP contribution is 2.38. The van der Waals surface area contributed by atoms with E-state index in [0.717, 1.165) is 13.1 Å². The number of carbonyl (C=O) groups excluding carboxylic acids is 1. The zero-order chi connectivity index (χ0) is 29.1. The van der Waals surface area contributed by atoms with Gasteiger partial charge in [0, 0.05) is 42.9 Å². The minimum Gasteiger partial charge on any atom is -0.496 e. The van der Waals surface area contributed by atoms with E-state index in [1.807, 2.05) is 6.07 Å². The first kappa shape index (κ1) is 27.4. The maximum absolute atomic E-state index is 12.3. The third-order valence-electron chi connectivity index (χ3n) is 6.47. The van der Waals surface area contributed by atoms with E-state index in [4.69, 9.17) is 34.8 Å². The highest BCUT2D eigenvalue weighted by atomic mass is 35.5. The number of hydrogen-bond donors (Lipinski definition) is 2. The highest BCUT2D eigenvalue weighted by Gasteiger charge is 2.20. The van der Waals surface area contributed by atoms with Crippen molar-refractivity contribution in [1.82, 2.24) is 25.2 Å². The van der Waals surface area contributed by atoms with Crippen LogP contribution in [0.4, 0.5) is 16.3 Å². The van der Waals surface area contributed by atoms with E-state index >= 15 is 0 Å². The van der Waals surface area contributed by atoms with Gasteiger partial charge >= 0.3 is 6.03 Å². The number of aromatic nitrogens is 4. The zero-order valence-electron chi connectivity index (χ0n) is 22.7. The summed E-state index contributed by atoms with van der Waals surface area (Å²) < 4.78 is 28.2. The Bertz CT molecular complexity index is 1730. The fourth-order valence-corrected chi connectivity index (χ4v) is 4.65. The van der Waals surface area contributed by atoms with Crippen LogP contribution in [0.3, 0.4) is 0 Å². The number of ether oxygens (including phenoxy) is 3. The number of carbonyl (C=O) groups is 1. The van der Waals surface area contributed by atoms with Gasteiger partial charge in [-0.05, 0) is 31.2 Å². The molecule has 0 bridgehead atoms. The van der Waals surface area contributed by atoms with E-state index in [0.29, 0.717) is 76.7 Å². The van der Waals surface area contributed by atoms with E-state index < -0.39 is 6.03 Å². The van der Waals surface area contributed by atoms with Crippen LogP contribution in [-0.4, -0.2) is 64.7 Å². The second-order valence-corrected chi connectivity index (χ2v) is 9.82. The third-order valence-corrected chi connectivity index (χ3v) is 6.78. The van der Waals surface area contributed by atoms with E-state index in [1.165, 1.54) is 0 Å². The molecule has 2 N–H and O–H groups in total. The van der Waals surface area contributed by atoms with Crippen LogP contribution in [0.2, 0.25) is 5.02 Å². The monoisotopic (exact) mass is 591 g/mol. The standard InChI is InChI=1S/C28H26ClN7O6/c1-16-11-25(35-42-16)32-28(37)31-21-4-3-17(12-20(21)29)40-23-5-6-30-22-14-24(38-2)19(13-18(22)23)27-34-33-26(41-27)15-36-7-9-39-10-8-36/h3-6,11-14H,7-10,15H2,1-2H3,(H2,31,32,35,37). The largest absolute Gasteiger partial charge is 0.496 e. The topological polar surface area (TPSA) is 150 Å². The summed E-state index contributed by atoms with van der Waals surface area (Å²) in [6.45, 7) is 5.23. The number of aryl methyl sites for hydroxylation is 1. The van der Waals surface area contributed by atoms with Crippen LogP contribution >= 0.6 is 11.6 Å². The quantitative estimate of drug-likeness (QED) is 0.235. The number of urea groups is 1. The van der Waals surface area contributed by atoms with Gasteiger partial charge in [-0.15, -0.1) is 10.2 Å². The molecule has 1 aliphatic heterocycles. The molecule has 1 saturated heterocycles. The molecule has 216 valence electrons. The lowest BCUT2D eigenvalue weighted by molar-refractivity contribution is 0.0306. The lowest BCUT2D eigenvalue weighted by Crippen LogP contribution is -2.35. The Morgan fingerprint density at radius 1 is 1.07 bits per heavy atom. The summed E-state index contributed by atoms with van der Waals surface area (Å²) >= 11 is 6.46. The van der Waals surface area contributed by atoms with E-state index in [1.54, 1.807) is 56.6 Å². The Hall–Kier alpha value is -4.72. The molecule has 0 spiro atoms. The lowest BCUT2D eigenvalue weighted by Gasteiger charge is -2.24. The second kappa shape index (κ2) is 12.0. The summed E-state index contributed by atoms with van der Waals surface area (Å²) in [7, 11) is 1.57. The molecule has 14 heteroatoms. The first-order valence-corrected chi connectivity index (χ1v) is 13.4. The van der Waals surface area contributed by atoms with Crippen molar-refractivity contribution in [3.8, 4) is 28.7 Å². The molecule has 1 fully saturated rings. The van der Waals surface area contributed by atoms with Gasteiger partial charge in [0.05, 0.1) is 48.7 Å². The van der Waals surface area contributed by atoms with Crippen LogP contribution in [-0.2, 0) is 11.3 Å². The van der Waals surface area contributed by atoms with E-state index in [2.05, 4.69) is 35.9 Å². The fourth-order valence-electron chi connectivity index (χ4n) is 4.43. The lowest BCUT2D eigenvalue weighted by atomic mass is 10.1. The summed E-state index contributed by atoms with van der Waals surface area (Å²) in [6, 6.07) is 11.4. The Morgan fingerprint density at radius 3 is 2.69 bits per heavy atom. The number of amides is 2. The molecular weight excluding hydrogens is 566 g/mol. The number of anilines is 2. The maximum Gasteiger partial charge on any atom is 0.324 e. The number of nitrogens with zero attached hydrogens (tertiary/aromatic N) is 5. The Morgan fingerprint density at radius 2 is 1.93 bits per heavy atom. The van der Waals surface area contributed by atoms with Crippen LogP contribution in [0, 0.1) is 6.92 Å².